The van der Waals surface area contributed by atoms with E-state index in [-0.39, 0.29) is 5.41 Å². The Morgan fingerprint density at radius 2 is 0.778 bits per heavy atom. The molecule has 0 unspecified atom stereocenters. The van der Waals surface area contributed by atoms with Crippen molar-refractivity contribution in [1.82, 2.24) is 0 Å². The van der Waals surface area contributed by atoms with E-state index in [0.29, 0.717) is 6.42 Å². The van der Waals surface area contributed by atoms with Gasteiger partial charge in [0, 0.05) is 11.8 Å². The number of hydrogen-bond donors (Lipinski definition) is 1. The van der Waals surface area contributed by atoms with Crippen molar-refractivity contribution in [2.24, 2.45) is 0 Å². The van der Waals surface area contributed by atoms with Crippen LogP contribution in [0.15, 0.2) is 91.0 Å². The summed E-state index contributed by atoms with van der Waals surface area (Å²) in [6.07, 6.45) is 16.2. The molecule has 2 nitrogen and oxygen atoms in total. The SMILES string of the molecule is O=C(O)CCCCCCCCCCCCCCC(c1ccccc1)(c1ccccc1)c1ccccc1. The molecule has 3 rings (SSSR count). The zero-order valence-corrected chi connectivity index (χ0v) is 21.9. The first kappa shape index (κ1) is 27.7. The van der Waals surface area contributed by atoms with Crippen LogP contribution in [0.5, 0.6) is 0 Å². The summed E-state index contributed by atoms with van der Waals surface area (Å²) in [6, 6.07) is 33.2. The standard InChI is InChI=1S/C34H44O2/c35-33(36)28-20-9-7-5-3-1-2-4-6-8-10-21-29-34(30-22-14-11-15-23-30,31-24-16-12-17-25-31)32-26-18-13-19-27-32/h11-19,22-27H,1-10,20-21,28-29H2,(H,35,36). The second-order valence-electron chi connectivity index (χ2n) is 10.1. The average molecular weight is 485 g/mol. The van der Waals surface area contributed by atoms with Gasteiger partial charge in [-0.1, -0.05) is 162 Å². The third-order valence-electron chi connectivity index (χ3n) is 7.49. The fraction of sp³-hybridized carbons (Fsp3) is 0.441. The zero-order chi connectivity index (χ0) is 25.3. The summed E-state index contributed by atoms with van der Waals surface area (Å²) in [6.45, 7) is 0. The van der Waals surface area contributed by atoms with E-state index in [9.17, 15) is 4.79 Å². The fourth-order valence-corrected chi connectivity index (χ4v) is 5.54. The molecule has 36 heavy (non-hydrogen) atoms. The van der Waals surface area contributed by atoms with E-state index < -0.39 is 5.97 Å². The van der Waals surface area contributed by atoms with Crippen molar-refractivity contribution >= 4 is 5.97 Å². The lowest BCUT2D eigenvalue weighted by Crippen LogP contribution is -2.29. The lowest BCUT2D eigenvalue weighted by molar-refractivity contribution is -0.137. The molecule has 0 aliphatic heterocycles. The summed E-state index contributed by atoms with van der Waals surface area (Å²) < 4.78 is 0. The molecule has 0 saturated heterocycles. The molecule has 3 aromatic rings. The first-order chi connectivity index (χ1) is 17.7. The van der Waals surface area contributed by atoms with Gasteiger partial charge >= 0.3 is 5.97 Å². The van der Waals surface area contributed by atoms with Crippen LogP contribution >= 0.6 is 0 Å². The van der Waals surface area contributed by atoms with Gasteiger partial charge in [-0.2, -0.15) is 0 Å². The number of carbonyl (C=O) groups is 1. The number of hydrogen-bond acceptors (Lipinski definition) is 1. The maximum Gasteiger partial charge on any atom is 0.303 e. The van der Waals surface area contributed by atoms with E-state index in [1.54, 1.807) is 0 Å². The topological polar surface area (TPSA) is 37.3 Å². The largest absolute Gasteiger partial charge is 0.481 e. The molecule has 192 valence electrons. The molecule has 2 heteroatoms. The van der Waals surface area contributed by atoms with E-state index >= 15 is 0 Å². The summed E-state index contributed by atoms with van der Waals surface area (Å²) in [4.78, 5) is 10.5. The molecule has 0 bridgehead atoms. The minimum absolute atomic E-state index is 0.117. The molecule has 0 aliphatic rings. The highest BCUT2D eigenvalue weighted by Gasteiger charge is 2.35. The number of unbranched alkanes of at least 4 members (excludes halogenated alkanes) is 11. The molecule has 0 amide bonds. The van der Waals surface area contributed by atoms with Crippen LogP contribution in [0.1, 0.15) is 107 Å². The molecular weight excluding hydrogens is 440 g/mol. The third-order valence-corrected chi connectivity index (χ3v) is 7.49. The Morgan fingerprint density at radius 1 is 0.472 bits per heavy atom. The highest BCUT2D eigenvalue weighted by Crippen LogP contribution is 2.43. The van der Waals surface area contributed by atoms with Crippen LogP contribution in [0.25, 0.3) is 0 Å². The van der Waals surface area contributed by atoms with E-state index in [0.717, 1.165) is 19.3 Å². The molecule has 0 fully saturated rings. The summed E-state index contributed by atoms with van der Waals surface area (Å²) in [7, 11) is 0. The molecule has 0 aromatic heterocycles. The lowest BCUT2D eigenvalue weighted by Gasteiger charge is -2.36. The van der Waals surface area contributed by atoms with Gasteiger partial charge in [0.05, 0.1) is 0 Å². The van der Waals surface area contributed by atoms with Gasteiger partial charge < -0.3 is 5.11 Å². The number of rotatable bonds is 18. The second-order valence-corrected chi connectivity index (χ2v) is 10.1. The summed E-state index contributed by atoms with van der Waals surface area (Å²) in [5, 5.41) is 8.69. The molecule has 0 spiro atoms. The maximum atomic E-state index is 10.5. The van der Waals surface area contributed by atoms with Gasteiger partial charge in [0.2, 0.25) is 0 Å². The second kappa shape index (κ2) is 16.0. The highest BCUT2D eigenvalue weighted by molar-refractivity contribution is 5.66. The number of aliphatic carboxylic acids is 1. The number of carboxylic acids is 1. The van der Waals surface area contributed by atoms with Crippen molar-refractivity contribution in [3.63, 3.8) is 0 Å². The Bertz CT molecular complexity index is 869. The van der Waals surface area contributed by atoms with Crippen LogP contribution < -0.4 is 0 Å². The maximum absolute atomic E-state index is 10.5. The van der Waals surface area contributed by atoms with Crippen molar-refractivity contribution in [2.75, 3.05) is 0 Å². The van der Waals surface area contributed by atoms with E-state index in [4.69, 9.17) is 5.11 Å². The van der Waals surface area contributed by atoms with Crippen LogP contribution in [0, 0.1) is 0 Å². The van der Waals surface area contributed by atoms with Crippen molar-refractivity contribution in [3.05, 3.63) is 108 Å². The summed E-state index contributed by atoms with van der Waals surface area (Å²) >= 11 is 0. The van der Waals surface area contributed by atoms with E-state index in [2.05, 4.69) is 91.0 Å². The highest BCUT2D eigenvalue weighted by atomic mass is 16.4. The minimum atomic E-state index is -0.666. The van der Waals surface area contributed by atoms with Crippen molar-refractivity contribution in [2.45, 2.75) is 95.3 Å². The third kappa shape index (κ3) is 8.66. The van der Waals surface area contributed by atoms with Gasteiger partial charge in [-0.05, 0) is 29.5 Å². The quantitative estimate of drug-likeness (QED) is 0.144. The molecule has 0 aliphatic carbocycles. The molecule has 0 saturated carbocycles. The Labute approximate surface area is 218 Å². The molecule has 3 aromatic carbocycles. The summed E-state index contributed by atoms with van der Waals surface area (Å²) in [5.74, 6) is -0.666. The van der Waals surface area contributed by atoms with Crippen LogP contribution in [0.2, 0.25) is 0 Å². The van der Waals surface area contributed by atoms with Crippen LogP contribution in [-0.2, 0) is 10.2 Å². The first-order valence-corrected chi connectivity index (χ1v) is 14.1. The molecular formula is C34H44O2. The first-order valence-electron chi connectivity index (χ1n) is 14.1. The van der Waals surface area contributed by atoms with E-state index in [1.165, 1.54) is 80.9 Å². The smallest absolute Gasteiger partial charge is 0.303 e. The lowest BCUT2D eigenvalue weighted by atomic mass is 9.66. The van der Waals surface area contributed by atoms with Gasteiger partial charge in [0.1, 0.15) is 0 Å². The normalized spacial score (nSPS) is 11.4. The number of carboxylic acid groups (broad SMARTS) is 1. The van der Waals surface area contributed by atoms with Crippen LogP contribution in [0.3, 0.4) is 0 Å². The average Bonchev–Trinajstić information content (AvgIpc) is 2.92. The zero-order valence-electron chi connectivity index (χ0n) is 21.9. The Morgan fingerprint density at radius 3 is 1.11 bits per heavy atom. The van der Waals surface area contributed by atoms with Crippen molar-refractivity contribution in [1.29, 1.82) is 0 Å². The monoisotopic (exact) mass is 484 g/mol. The van der Waals surface area contributed by atoms with Gasteiger partial charge in [-0.25, -0.2) is 0 Å². The van der Waals surface area contributed by atoms with Gasteiger partial charge in [-0.3, -0.25) is 4.79 Å². The predicted octanol–water partition coefficient (Wildman–Crippen LogP) is 9.57. The molecule has 0 radical (unpaired) electrons. The number of benzene rings is 3. The Kier molecular flexibility index (Phi) is 12.3. The van der Waals surface area contributed by atoms with Crippen molar-refractivity contribution < 1.29 is 9.90 Å². The molecule has 0 heterocycles. The van der Waals surface area contributed by atoms with Gasteiger partial charge in [0.15, 0.2) is 0 Å². The Balaban J connectivity index is 1.46. The van der Waals surface area contributed by atoms with E-state index in [1.807, 2.05) is 0 Å². The van der Waals surface area contributed by atoms with Gasteiger partial charge in [-0.15, -0.1) is 0 Å². The minimum Gasteiger partial charge on any atom is -0.481 e. The Hall–Kier alpha value is -2.87. The molecule has 0 atom stereocenters. The molecule has 1 N–H and O–H groups in total. The van der Waals surface area contributed by atoms with Crippen LogP contribution in [0.4, 0.5) is 0 Å². The van der Waals surface area contributed by atoms with Crippen molar-refractivity contribution in [3.8, 4) is 0 Å². The summed E-state index contributed by atoms with van der Waals surface area (Å²) in [5.41, 5.74) is 4.02. The van der Waals surface area contributed by atoms with Crippen LogP contribution in [-0.4, -0.2) is 11.1 Å². The van der Waals surface area contributed by atoms with Gasteiger partial charge in [0.25, 0.3) is 0 Å². The fourth-order valence-electron chi connectivity index (χ4n) is 5.54. The predicted molar refractivity (Wildman–Crippen MR) is 151 cm³/mol.